The van der Waals surface area contributed by atoms with E-state index in [1.165, 1.54) is 45.1 Å². The number of rotatable bonds is 1. The van der Waals surface area contributed by atoms with E-state index in [4.69, 9.17) is 0 Å². The van der Waals surface area contributed by atoms with Crippen molar-refractivity contribution in [2.24, 2.45) is 17.8 Å². The van der Waals surface area contributed by atoms with Gasteiger partial charge in [0.2, 0.25) is 0 Å². The fourth-order valence-electron chi connectivity index (χ4n) is 3.48. The third kappa shape index (κ3) is 2.31. The largest absolute Gasteiger partial charge is 0.314 e. The second kappa shape index (κ2) is 4.65. The molecule has 82 valence electrons. The molecule has 1 saturated carbocycles. The van der Waals surface area contributed by atoms with E-state index < -0.39 is 0 Å². The summed E-state index contributed by atoms with van der Waals surface area (Å²) in [6, 6.07) is 0.762. The smallest absolute Gasteiger partial charge is 0.00416 e. The minimum Gasteiger partial charge on any atom is -0.314 e. The molecule has 0 amide bonds. The molecule has 1 N–H and O–H groups in total. The normalized spacial score (nSPS) is 41.1. The van der Waals surface area contributed by atoms with Crippen molar-refractivity contribution in [3.63, 3.8) is 0 Å². The quantitative estimate of drug-likeness (QED) is 0.677. The molecule has 1 nitrogen and oxygen atoms in total. The Morgan fingerprint density at radius 2 is 1.71 bits per heavy atom. The Bertz CT molecular complexity index is 172. The summed E-state index contributed by atoms with van der Waals surface area (Å²) in [6.07, 6.45) is 8.94. The highest BCUT2D eigenvalue weighted by molar-refractivity contribution is 4.85. The summed E-state index contributed by atoms with van der Waals surface area (Å²) in [7, 11) is 0. The topological polar surface area (TPSA) is 12.0 Å². The second-order valence-electron chi connectivity index (χ2n) is 5.58. The summed E-state index contributed by atoms with van der Waals surface area (Å²) in [5.41, 5.74) is 0. The SMILES string of the molecule is CC1CC(C2CCCCC2)C(C)CN1. The Morgan fingerprint density at radius 1 is 1.00 bits per heavy atom. The van der Waals surface area contributed by atoms with E-state index in [0.29, 0.717) is 0 Å². The number of hydrogen-bond donors (Lipinski definition) is 1. The summed E-state index contributed by atoms with van der Waals surface area (Å²) < 4.78 is 0. The van der Waals surface area contributed by atoms with Crippen LogP contribution in [0.5, 0.6) is 0 Å². The Labute approximate surface area is 88.7 Å². The first-order valence-electron chi connectivity index (χ1n) is 6.50. The van der Waals surface area contributed by atoms with Gasteiger partial charge in [0.25, 0.3) is 0 Å². The first-order chi connectivity index (χ1) is 6.77. The molecule has 2 fully saturated rings. The minimum absolute atomic E-state index is 0.762. The van der Waals surface area contributed by atoms with Crippen molar-refractivity contribution >= 4 is 0 Å². The van der Waals surface area contributed by atoms with Crippen molar-refractivity contribution < 1.29 is 0 Å². The molecule has 14 heavy (non-hydrogen) atoms. The Hall–Kier alpha value is -0.0400. The van der Waals surface area contributed by atoms with Crippen LogP contribution in [0.4, 0.5) is 0 Å². The van der Waals surface area contributed by atoms with Crippen LogP contribution >= 0.6 is 0 Å². The van der Waals surface area contributed by atoms with Crippen molar-refractivity contribution in [2.45, 2.75) is 58.4 Å². The van der Waals surface area contributed by atoms with E-state index >= 15 is 0 Å². The Balaban J connectivity index is 1.92. The first-order valence-corrected chi connectivity index (χ1v) is 6.50. The Kier molecular flexibility index (Phi) is 3.48. The minimum atomic E-state index is 0.762. The molecular weight excluding hydrogens is 170 g/mol. The zero-order chi connectivity index (χ0) is 9.97. The monoisotopic (exact) mass is 195 g/mol. The van der Waals surface area contributed by atoms with Gasteiger partial charge in [-0.25, -0.2) is 0 Å². The molecule has 0 aromatic heterocycles. The molecule has 3 unspecified atom stereocenters. The summed E-state index contributed by atoms with van der Waals surface area (Å²) in [6.45, 7) is 6.04. The summed E-state index contributed by atoms with van der Waals surface area (Å²) in [4.78, 5) is 0. The van der Waals surface area contributed by atoms with Crippen LogP contribution in [0.25, 0.3) is 0 Å². The average Bonchev–Trinajstić information content (AvgIpc) is 2.23. The molecule has 2 rings (SSSR count). The van der Waals surface area contributed by atoms with Gasteiger partial charge >= 0.3 is 0 Å². The standard InChI is InChI=1S/C13H25N/c1-10-9-14-11(2)8-13(10)12-6-4-3-5-7-12/h10-14H,3-9H2,1-2H3. The van der Waals surface area contributed by atoms with Gasteiger partial charge in [0.1, 0.15) is 0 Å². The molecule has 0 aromatic carbocycles. The fraction of sp³-hybridized carbons (Fsp3) is 1.00. The van der Waals surface area contributed by atoms with Gasteiger partial charge in [0.05, 0.1) is 0 Å². The maximum absolute atomic E-state index is 3.60. The van der Waals surface area contributed by atoms with Gasteiger partial charge in [-0.3, -0.25) is 0 Å². The lowest BCUT2D eigenvalue weighted by molar-refractivity contribution is 0.130. The van der Waals surface area contributed by atoms with Crippen LogP contribution in [-0.4, -0.2) is 12.6 Å². The lowest BCUT2D eigenvalue weighted by Crippen LogP contribution is -2.44. The number of hydrogen-bond acceptors (Lipinski definition) is 1. The molecule has 3 atom stereocenters. The summed E-state index contributed by atoms with van der Waals surface area (Å²) >= 11 is 0. The second-order valence-corrected chi connectivity index (χ2v) is 5.58. The first kappa shape index (κ1) is 10.5. The predicted molar refractivity (Wildman–Crippen MR) is 61.3 cm³/mol. The highest BCUT2D eigenvalue weighted by Crippen LogP contribution is 2.37. The van der Waals surface area contributed by atoms with E-state index in [-0.39, 0.29) is 0 Å². The van der Waals surface area contributed by atoms with Gasteiger partial charge in [0.15, 0.2) is 0 Å². The molecule has 1 aliphatic heterocycles. The summed E-state index contributed by atoms with van der Waals surface area (Å²) in [5, 5.41) is 3.60. The molecule has 0 radical (unpaired) electrons. The molecule has 1 saturated heterocycles. The lowest BCUT2D eigenvalue weighted by atomic mass is 9.70. The van der Waals surface area contributed by atoms with Crippen molar-refractivity contribution in [3.05, 3.63) is 0 Å². The van der Waals surface area contributed by atoms with Crippen LogP contribution < -0.4 is 5.32 Å². The third-order valence-electron chi connectivity index (χ3n) is 4.40. The zero-order valence-electron chi connectivity index (χ0n) is 9.76. The van der Waals surface area contributed by atoms with E-state index in [1.54, 1.807) is 0 Å². The van der Waals surface area contributed by atoms with Crippen molar-refractivity contribution in [2.75, 3.05) is 6.54 Å². The van der Waals surface area contributed by atoms with Crippen LogP contribution in [0.15, 0.2) is 0 Å². The summed E-state index contributed by atoms with van der Waals surface area (Å²) in [5.74, 6) is 2.99. The van der Waals surface area contributed by atoms with Crippen LogP contribution in [0.2, 0.25) is 0 Å². The zero-order valence-corrected chi connectivity index (χ0v) is 9.76. The van der Waals surface area contributed by atoms with Crippen LogP contribution in [0.3, 0.4) is 0 Å². The molecule has 0 aromatic rings. The number of nitrogens with one attached hydrogen (secondary N) is 1. The molecule has 1 heterocycles. The lowest BCUT2D eigenvalue weighted by Gasteiger charge is -2.40. The maximum atomic E-state index is 3.60. The average molecular weight is 195 g/mol. The van der Waals surface area contributed by atoms with Crippen LogP contribution in [-0.2, 0) is 0 Å². The highest BCUT2D eigenvalue weighted by atomic mass is 14.9. The molecule has 0 bridgehead atoms. The molecule has 1 heteroatoms. The van der Waals surface area contributed by atoms with E-state index in [1.807, 2.05) is 0 Å². The van der Waals surface area contributed by atoms with Gasteiger partial charge in [-0.05, 0) is 37.6 Å². The molecular formula is C13H25N. The fourth-order valence-corrected chi connectivity index (χ4v) is 3.48. The van der Waals surface area contributed by atoms with Gasteiger partial charge < -0.3 is 5.32 Å². The van der Waals surface area contributed by atoms with Crippen molar-refractivity contribution in [1.29, 1.82) is 0 Å². The van der Waals surface area contributed by atoms with Gasteiger partial charge in [0, 0.05) is 6.04 Å². The van der Waals surface area contributed by atoms with Crippen LogP contribution in [0.1, 0.15) is 52.4 Å². The van der Waals surface area contributed by atoms with E-state index in [0.717, 1.165) is 23.8 Å². The van der Waals surface area contributed by atoms with Gasteiger partial charge in [-0.1, -0.05) is 39.0 Å². The Morgan fingerprint density at radius 3 is 2.43 bits per heavy atom. The molecule has 1 aliphatic carbocycles. The highest BCUT2D eigenvalue weighted by Gasteiger charge is 2.31. The molecule has 0 spiro atoms. The van der Waals surface area contributed by atoms with Crippen molar-refractivity contribution in [1.82, 2.24) is 5.32 Å². The van der Waals surface area contributed by atoms with E-state index in [9.17, 15) is 0 Å². The third-order valence-corrected chi connectivity index (χ3v) is 4.40. The predicted octanol–water partition coefficient (Wildman–Crippen LogP) is 3.20. The van der Waals surface area contributed by atoms with E-state index in [2.05, 4.69) is 19.2 Å². The van der Waals surface area contributed by atoms with Gasteiger partial charge in [-0.15, -0.1) is 0 Å². The maximum Gasteiger partial charge on any atom is 0.00416 e. The van der Waals surface area contributed by atoms with Crippen molar-refractivity contribution in [3.8, 4) is 0 Å². The molecule has 2 aliphatic rings. The van der Waals surface area contributed by atoms with Crippen LogP contribution in [0, 0.1) is 17.8 Å². The van der Waals surface area contributed by atoms with Gasteiger partial charge in [-0.2, -0.15) is 0 Å². The number of piperidine rings is 1.